The van der Waals surface area contributed by atoms with Crippen molar-refractivity contribution in [3.8, 4) is 0 Å². The monoisotopic (exact) mass is 250 g/mol. The van der Waals surface area contributed by atoms with Gasteiger partial charge in [0.2, 0.25) is 11.8 Å². The molecule has 0 radical (unpaired) electrons. The van der Waals surface area contributed by atoms with E-state index >= 15 is 0 Å². The Hall–Kier alpha value is -1.69. The van der Waals surface area contributed by atoms with Crippen LogP contribution in [0.3, 0.4) is 0 Å². The fourth-order valence-electron chi connectivity index (χ4n) is 2.08. The van der Waals surface area contributed by atoms with Crippen LogP contribution in [-0.2, 0) is 11.3 Å². The van der Waals surface area contributed by atoms with Crippen LogP contribution in [0, 0.1) is 6.92 Å². The molecule has 1 aromatic heterocycles. The van der Waals surface area contributed by atoms with Crippen molar-refractivity contribution in [1.29, 1.82) is 0 Å². The molecule has 6 nitrogen and oxygen atoms in total. The maximum absolute atomic E-state index is 11.5. The maximum Gasteiger partial charge on any atom is 0.245 e. The normalized spacial score (nSPS) is 17.5. The van der Waals surface area contributed by atoms with E-state index < -0.39 is 0 Å². The van der Waals surface area contributed by atoms with Gasteiger partial charge in [0.25, 0.3) is 0 Å². The van der Waals surface area contributed by atoms with Gasteiger partial charge in [0, 0.05) is 33.1 Å². The lowest BCUT2D eigenvalue weighted by Crippen LogP contribution is -2.34. The van der Waals surface area contributed by atoms with E-state index in [9.17, 15) is 4.79 Å². The summed E-state index contributed by atoms with van der Waals surface area (Å²) >= 11 is 0. The number of nitrogens with zero attached hydrogens (tertiary/aromatic N) is 4. The topological polar surface area (TPSA) is 62.5 Å². The second kappa shape index (κ2) is 5.77. The Bertz CT molecular complexity index is 429. The highest BCUT2D eigenvalue weighted by Crippen LogP contribution is 2.07. The number of aryl methyl sites for hydroxylation is 1. The van der Waals surface area contributed by atoms with E-state index in [1.807, 2.05) is 4.90 Å². The van der Waals surface area contributed by atoms with Gasteiger partial charge in [-0.3, -0.25) is 9.69 Å². The number of carbonyl (C=O) groups excluding carboxylic acids is 1. The molecule has 0 N–H and O–H groups in total. The summed E-state index contributed by atoms with van der Waals surface area (Å²) in [7, 11) is 0. The average molecular weight is 250 g/mol. The minimum Gasteiger partial charge on any atom is -0.340 e. The van der Waals surface area contributed by atoms with Crippen molar-refractivity contribution in [1.82, 2.24) is 19.9 Å². The number of hydrogen-bond acceptors (Lipinski definition) is 5. The minimum atomic E-state index is 0.00672. The van der Waals surface area contributed by atoms with Crippen LogP contribution in [0.2, 0.25) is 0 Å². The molecule has 6 heteroatoms. The summed E-state index contributed by atoms with van der Waals surface area (Å²) < 4.78 is 4.95. The van der Waals surface area contributed by atoms with Gasteiger partial charge in [0.15, 0.2) is 5.82 Å². The molecule has 0 spiro atoms. The van der Waals surface area contributed by atoms with Gasteiger partial charge in [0.1, 0.15) is 0 Å². The van der Waals surface area contributed by atoms with Crippen molar-refractivity contribution in [2.45, 2.75) is 19.9 Å². The first-order chi connectivity index (χ1) is 8.69. The number of amides is 1. The van der Waals surface area contributed by atoms with Crippen molar-refractivity contribution in [3.05, 3.63) is 24.4 Å². The highest BCUT2D eigenvalue weighted by Gasteiger charge is 2.18. The molecule has 1 aliphatic rings. The van der Waals surface area contributed by atoms with Gasteiger partial charge in [0.05, 0.1) is 6.54 Å². The first-order valence-corrected chi connectivity index (χ1v) is 6.12. The standard InChI is InChI=1S/C12H18N4O2/c1-3-12(17)16-6-4-5-15(7-8-16)9-11-13-10(2)18-14-11/h3H,1,4-9H2,2H3. The molecule has 1 aromatic rings. The smallest absolute Gasteiger partial charge is 0.245 e. The molecule has 98 valence electrons. The Labute approximate surface area is 106 Å². The van der Waals surface area contributed by atoms with E-state index in [0.717, 1.165) is 32.6 Å². The van der Waals surface area contributed by atoms with Gasteiger partial charge >= 0.3 is 0 Å². The fourth-order valence-corrected chi connectivity index (χ4v) is 2.08. The van der Waals surface area contributed by atoms with Crippen LogP contribution in [0.1, 0.15) is 18.1 Å². The Morgan fingerprint density at radius 3 is 2.94 bits per heavy atom. The quantitative estimate of drug-likeness (QED) is 0.735. The van der Waals surface area contributed by atoms with E-state index in [4.69, 9.17) is 4.52 Å². The summed E-state index contributed by atoms with van der Waals surface area (Å²) in [5.74, 6) is 1.30. The van der Waals surface area contributed by atoms with E-state index in [0.29, 0.717) is 18.3 Å². The van der Waals surface area contributed by atoms with E-state index in [1.165, 1.54) is 6.08 Å². The van der Waals surface area contributed by atoms with Crippen molar-refractivity contribution < 1.29 is 9.32 Å². The molecular weight excluding hydrogens is 232 g/mol. The van der Waals surface area contributed by atoms with Crippen molar-refractivity contribution in [2.24, 2.45) is 0 Å². The molecular formula is C12H18N4O2. The summed E-state index contributed by atoms with van der Waals surface area (Å²) in [6, 6.07) is 0. The van der Waals surface area contributed by atoms with Crippen LogP contribution in [0.5, 0.6) is 0 Å². The van der Waals surface area contributed by atoms with Crippen LogP contribution < -0.4 is 0 Å². The lowest BCUT2D eigenvalue weighted by atomic mass is 10.3. The summed E-state index contributed by atoms with van der Waals surface area (Å²) in [6.45, 7) is 9.25. The third-order valence-electron chi connectivity index (χ3n) is 3.01. The second-order valence-corrected chi connectivity index (χ2v) is 4.39. The molecule has 18 heavy (non-hydrogen) atoms. The van der Waals surface area contributed by atoms with Crippen molar-refractivity contribution in [2.75, 3.05) is 26.2 Å². The van der Waals surface area contributed by atoms with Gasteiger partial charge in [-0.2, -0.15) is 4.98 Å². The van der Waals surface area contributed by atoms with Gasteiger partial charge in [-0.25, -0.2) is 0 Å². The van der Waals surface area contributed by atoms with Gasteiger partial charge < -0.3 is 9.42 Å². The molecule has 0 bridgehead atoms. The molecule has 1 fully saturated rings. The van der Waals surface area contributed by atoms with Crippen LogP contribution in [0.4, 0.5) is 0 Å². The molecule has 0 saturated carbocycles. The van der Waals surface area contributed by atoms with Gasteiger partial charge in [-0.1, -0.05) is 11.7 Å². The fraction of sp³-hybridized carbons (Fsp3) is 0.583. The van der Waals surface area contributed by atoms with Crippen LogP contribution in [-0.4, -0.2) is 52.0 Å². The third-order valence-corrected chi connectivity index (χ3v) is 3.01. The van der Waals surface area contributed by atoms with Crippen LogP contribution >= 0.6 is 0 Å². The Kier molecular flexibility index (Phi) is 4.09. The zero-order valence-electron chi connectivity index (χ0n) is 10.6. The maximum atomic E-state index is 11.5. The molecule has 0 aliphatic carbocycles. The number of aromatic nitrogens is 2. The zero-order chi connectivity index (χ0) is 13.0. The van der Waals surface area contributed by atoms with E-state index in [-0.39, 0.29) is 5.91 Å². The molecule has 1 saturated heterocycles. The summed E-state index contributed by atoms with van der Waals surface area (Å²) in [5.41, 5.74) is 0. The molecule has 2 heterocycles. The second-order valence-electron chi connectivity index (χ2n) is 4.39. The largest absolute Gasteiger partial charge is 0.340 e. The predicted molar refractivity (Wildman–Crippen MR) is 65.7 cm³/mol. The Morgan fingerprint density at radius 2 is 2.28 bits per heavy atom. The molecule has 1 aliphatic heterocycles. The lowest BCUT2D eigenvalue weighted by molar-refractivity contribution is -0.125. The number of carbonyl (C=O) groups is 1. The SMILES string of the molecule is C=CC(=O)N1CCCN(Cc2noc(C)n2)CC1. The molecule has 2 rings (SSSR count). The molecule has 0 unspecified atom stereocenters. The predicted octanol–water partition coefficient (Wildman–Crippen LogP) is 0.598. The third kappa shape index (κ3) is 3.16. The number of rotatable bonds is 3. The Balaban J connectivity index is 1.89. The summed E-state index contributed by atoms with van der Waals surface area (Å²) in [6.07, 6.45) is 2.33. The van der Waals surface area contributed by atoms with E-state index in [2.05, 4.69) is 21.6 Å². The van der Waals surface area contributed by atoms with Crippen LogP contribution in [0.15, 0.2) is 17.2 Å². The molecule has 0 aromatic carbocycles. The van der Waals surface area contributed by atoms with E-state index in [1.54, 1.807) is 6.92 Å². The highest BCUT2D eigenvalue weighted by atomic mass is 16.5. The molecule has 1 amide bonds. The Morgan fingerprint density at radius 1 is 1.44 bits per heavy atom. The average Bonchev–Trinajstić information content (AvgIpc) is 2.64. The lowest BCUT2D eigenvalue weighted by Gasteiger charge is -2.19. The van der Waals surface area contributed by atoms with Gasteiger partial charge in [-0.05, 0) is 12.5 Å². The van der Waals surface area contributed by atoms with Crippen molar-refractivity contribution in [3.63, 3.8) is 0 Å². The first-order valence-electron chi connectivity index (χ1n) is 6.12. The minimum absolute atomic E-state index is 0.00672. The van der Waals surface area contributed by atoms with Gasteiger partial charge in [-0.15, -0.1) is 0 Å². The summed E-state index contributed by atoms with van der Waals surface area (Å²) in [4.78, 5) is 19.8. The summed E-state index contributed by atoms with van der Waals surface area (Å²) in [5, 5.41) is 3.89. The highest BCUT2D eigenvalue weighted by molar-refractivity contribution is 5.86. The van der Waals surface area contributed by atoms with Crippen LogP contribution in [0.25, 0.3) is 0 Å². The first kappa shape index (κ1) is 12.8. The van der Waals surface area contributed by atoms with Crippen molar-refractivity contribution >= 4 is 5.91 Å². The number of hydrogen-bond donors (Lipinski definition) is 0. The molecule has 0 atom stereocenters. The zero-order valence-corrected chi connectivity index (χ0v) is 10.6.